The van der Waals surface area contributed by atoms with Crippen LogP contribution in [0.5, 0.6) is 0 Å². The quantitative estimate of drug-likeness (QED) is 0.331. The minimum atomic E-state index is 0.0506. The number of benzene rings is 2. The zero-order valence-corrected chi connectivity index (χ0v) is 20.1. The number of aliphatic hydroxyl groups excluding tert-OH is 2. The normalized spacial score (nSPS) is 19.1. The second-order valence-electron chi connectivity index (χ2n) is 9.93. The van der Waals surface area contributed by atoms with Gasteiger partial charge in [-0.05, 0) is 79.2 Å². The highest BCUT2D eigenvalue weighted by Gasteiger charge is 2.21. The molecule has 1 fully saturated rings. The van der Waals surface area contributed by atoms with Crippen molar-refractivity contribution in [2.75, 3.05) is 19.8 Å². The van der Waals surface area contributed by atoms with Gasteiger partial charge in [-0.25, -0.2) is 0 Å². The van der Waals surface area contributed by atoms with Gasteiger partial charge in [-0.1, -0.05) is 69.0 Å². The van der Waals surface area contributed by atoms with Crippen LogP contribution in [0.4, 0.5) is 0 Å². The Morgan fingerprint density at radius 3 is 2.19 bits per heavy atom. The lowest BCUT2D eigenvalue weighted by molar-refractivity contribution is -0.0229. The minimum absolute atomic E-state index is 0.0506. The molecule has 2 atom stereocenters. The van der Waals surface area contributed by atoms with Gasteiger partial charge in [0.25, 0.3) is 0 Å². The summed E-state index contributed by atoms with van der Waals surface area (Å²) in [5.41, 5.74) is 2.91. The maximum absolute atomic E-state index is 9.15. The number of rotatable bonds is 14. The van der Waals surface area contributed by atoms with Gasteiger partial charge < -0.3 is 14.9 Å². The Bertz CT molecular complexity index is 775. The molecule has 178 valence electrons. The highest BCUT2D eigenvalue weighted by atomic mass is 16.5. The molecule has 0 spiro atoms. The zero-order chi connectivity index (χ0) is 22.6. The molecule has 2 aromatic carbocycles. The molecular weight excluding hydrogens is 396 g/mol. The molecule has 3 rings (SSSR count). The largest absolute Gasteiger partial charge is 0.396 e. The van der Waals surface area contributed by atoms with Crippen molar-refractivity contribution in [2.24, 2.45) is 11.8 Å². The Morgan fingerprint density at radius 2 is 1.56 bits per heavy atom. The number of fused-ring (bicyclic) bond motifs is 1. The second kappa shape index (κ2) is 14.0. The smallest absolute Gasteiger partial charge is 0.0575 e. The van der Waals surface area contributed by atoms with Crippen LogP contribution in [0, 0.1) is 11.8 Å². The third-order valence-electron chi connectivity index (χ3n) is 7.25. The van der Waals surface area contributed by atoms with E-state index in [0.717, 1.165) is 38.7 Å². The first-order valence-corrected chi connectivity index (χ1v) is 13.1. The lowest BCUT2D eigenvalue weighted by Gasteiger charge is -2.29. The summed E-state index contributed by atoms with van der Waals surface area (Å²) >= 11 is 0. The van der Waals surface area contributed by atoms with Crippen LogP contribution in [0.2, 0.25) is 0 Å². The molecule has 1 aliphatic rings. The summed E-state index contributed by atoms with van der Waals surface area (Å²) in [4.78, 5) is 0. The average molecular weight is 441 g/mol. The molecule has 2 N–H and O–H groups in total. The average Bonchev–Trinajstić information content (AvgIpc) is 2.83. The maximum Gasteiger partial charge on any atom is 0.0575 e. The van der Waals surface area contributed by atoms with Crippen LogP contribution in [-0.2, 0) is 17.6 Å². The van der Waals surface area contributed by atoms with Gasteiger partial charge in [-0.3, -0.25) is 0 Å². The molecule has 0 aliphatic carbocycles. The fourth-order valence-corrected chi connectivity index (χ4v) is 4.97. The van der Waals surface area contributed by atoms with Crippen LogP contribution in [-0.4, -0.2) is 36.1 Å². The second-order valence-corrected chi connectivity index (χ2v) is 9.93. The Balaban J connectivity index is 1.36. The van der Waals surface area contributed by atoms with E-state index in [1.54, 1.807) is 0 Å². The lowest BCUT2D eigenvalue weighted by Crippen LogP contribution is -2.26. The molecule has 1 heterocycles. The van der Waals surface area contributed by atoms with Gasteiger partial charge in [0, 0.05) is 25.7 Å². The fourth-order valence-electron chi connectivity index (χ4n) is 4.97. The molecule has 32 heavy (non-hydrogen) atoms. The molecular formula is C29H44O3. The third kappa shape index (κ3) is 8.17. The van der Waals surface area contributed by atoms with E-state index in [4.69, 9.17) is 14.9 Å². The topological polar surface area (TPSA) is 49.7 Å². The highest BCUT2D eigenvalue weighted by molar-refractivity contribution is 5.83. The molecule has 0 saturated carbocycles. The van der Waals surface area contributed by atoms with Gasteiger partial charge >= 0.3 is 0 Å². The molecule has 3 nitrogen and oxygen atoms in total. The molecule has 2 unspecified atom stereocenters. The number of aryl methyl sites for hydroxylation is 2. The van der Waals surface area contributed by atoms with E-state index in [0.29, 0.717) is 12.0 Å². The predicted molar refractivity (Wildman–Crippen MR) is 134 cm³/mol. The molecule has 2 aromatic rings. The van der Waals surface area contributed by atoms with Crippen LogP contribution >= 0.6 is 0 Å². The molecule has 3 heteroatoms. The Morgan fingerprint density at radius 1 is 0.844 bits per heavy atom. The molecule has 1 saturated heterocycles. The van der Waals surface area contributed by atoms with Crippen LogP contribution < -0.4 is 0 Å². The number of hydrogen-bond acceptors (Lipinski definition) is 3. The number of unbranched alkanes of at least 4 members (excludes halogenated alkanes) is 3. The van der Waals surface area contributed by atoms with Crippen molar-refractivity contribution < 1.29 is 14.9 Å². The number of ether oxygens (including phenoxy) is 1. The van der Waals surface area contributed by atoms with Crippen molar-refractivity contribution in [3.63, 3.8) is 0 Å². The molecule has 1 aliphatic heterocycles. The predicted octanol–water partition coefficient (Wildman–Crippen LogP) is 6.46. The third-order valence-corrected chi connectivity index (χ3v) is 7.25. The van der Waals surface area contributed by atoms with Gasteiger partial charge in [0.05, 0.1) is 6.10 Å². The SMILES string of the molecule is CCCCCc1ccc2cc(CCC3CCC(CCCCC(CO)CO)OC3)ccc2c1. The summed E-state index contributed by atoms with van der Waals surface area (Å²) in [6.07, 6.45) is 14.5. The zero-order valence-electron chi connectivity index (χ0n) is 20.1. The number of aliphatic hydroxyl groups is 2. The Hall–Kier alpha value is -1.42. The highest BCUT2D eigenvalue weighted by Crippen LogP contribution is 2.27. The van der Waals surface area contributed by atoms with Crippen molar-refractivity contribution in [3.8, 4) is 0 Å². The van der Waals surface area contributed by atoms with Crippen molar-refractivity contribution in [1.29, 1.82) is 0 Å². The summed E-state index contributed by atoms with van der Waals surface area (Å²) in [7, 11) is 0. The monoisotopic (exact) mass is 440 g/mol. The molecule has 0 aromatic heterocycles. The molecule has 0 amide bonds. The molecule has 0 bridgehead atoms. The summed E-state index contributed by atoms with van der Waals surface area (Å²) in [5.74, 6) is 0.727. The fraction of sp³-hybridized carbons (Fsp3) is 0.655. The van der Waals surface area contributed by atoms with E-state index in [-0.39, 0.29) is 19.1 Å². The standard InChI is InChI=1S/C29H44O3/c1-2-3-4-7-23-12-15-28-19-24(13-16-27(28)18-23)10-11-25-14-17-29(32-22-25)9-6-5-8-26(20-30)21-31/h12-13,15-16,18-19,25-26,29-31H,2-11,14,17,20-22H2,1H3. The van der Waals surface area contributed by atoms with Crippen LogP contribution in [0.15, 0.2) is 36.4 Å². The van der Waals surface area contributed by atoms with E-state index in [1.807, 2.05) is 0 Å². The van der Waals surface area contributed by atoms with E-state index >= 15 is 0 Å². The number of hydrogen-bond donors (Lipinski definition) is 2. The minimum Gasteiger partial charge on any atom is -0.396 e. The van der Waals surface area contributed by atoms with Crippen LogP contribution in [0.25, 0.3) is 10.8 Å². The van der Waals surface area contributed by atoms with Crippen molar-refractivity contribution in [1.82, 2.24) is 0 Å². The van der Waals surface area contributed by atoms with Crippen molar-refractivity contribution >= 4 is 10.8 Å². The van der Waals surface area contributed by atoms with E-state index in [2.05, 4.69) is 43.3 Å². The van der Waals surface area contributed by atoms with Gasteiger partial charge in [0.2, 0.25) is 0 Å². The maximum atomic E-state index is 9.15. The summed E-state index contributed by atoms with van der Waals surface area (Å²) < 4.78 is 6.16. The molecule has 0 radical (unpaired) electrons. The van der Waals surface area contributed by atoms with Gasteiger partial charge in [0.15, 0.2) is 0 Å². The van der Waals surface area contributed by atoms with Crippen LogP contribution in [0.3, 0.4) is 0 Å². The van der Waals surface area contributed by atoms with Crippen molar-refractivity contribution in [2.45, 2.75) is 90.1 Å². The van der Waals surface area contributed by atoms with E-state index in [1.165, 1.54) is 66.8 Å². The van der Waals surface area contributed by atoms with Crippen LogP contribution in [0.1, 0.15) is 82.3 Å². The first-order valence-electron chi connectivity index (χ1n) is 13.1. The van der Waals surface area contributed by atoms with Gasteiger partial charge in [-0.2, -0.15) is 0 Å². The lowest BCUT2D eigenvalue weighted by atomic mass is 9.90. The Kier molecular flexibility index (Phi) is 11.0. The first kappa shape index (κ1) is 25.2. The van der Waals surface area contributed by atoms with Gasteiger partial charge in [-0.15, -0.1) is 0 Å². The summed E-state index contributed by atoms with van der Waals surface area (Å²) in [6, 6.07) is 14.0. The van der Waals surface area contributed by atoms with E-state index < -0.39 is 0 Å². The summed E-state index contributed by atoms with van der Waals surface area (Å²) in [5, 5.41) is 21.0. The first-order chi connectivity index (χ1) is 15.7. The van der Waals surface area contributed by atoms with E-state index in [9.17, 15) is 0 Å². The Labute approximate surface area is 195 Å². The van der Waals surface area contributed by atoms with Crippen molar-refractivity contribution in [3.05, 3.63) is 47.5 Å². The summed E-state index contributed by atoms with van der Waals surface area (Å²) in [6.45, 7) is 3.34. The van der Waals surface area contributed by atoms with Gasteiger partial charge in [0.1, 0.15) is 0 Å².